The van der Waals surface area contributed by atoms with E-state index in [9.17, 15) is 5.11 Å². The highest BCUT2D eigenvalue weighted by Crippen LogP contribution is 2.15. The summed E-state index contributed by atoms with van der Waals surface area (Å²) in [6, 6.07) is 9.90. The standard InChI is InChI=1S/C13H21NO3/c1-11(12-5-3-2-4-6-12)17-10-13(16)9-14-7-8-15/h2-6,11,13-16H,7-10H2,1H3. The van der Waals surface area contributed by atoms with E-state index in [1.54, 1.807) is 0 Å². The summed E-state index contributed by atoms with van der Waals surface area (Å²) in [7, 11) is 0. The number of aliphatic hydroxyl groups is 2. The lowest BCUT2D eigenvalue weighted by Crippen LogP contribution is -2.32. The van der Waals surface area contributed by atoms with Crippen LogP contribution in [-0.4, -0.2) is 42.6 Å². The Hall–Kier alpha value is -0.940. The molecule has 0 bridgehead atoms. The first kappa shape index (κ1) is 14.1. The zero-order valence-electron chi connectivity index (χ0n) is 10.2. The molecule has 4 nitrogen and oxygen atoms in total. The first-order valence-electron chi connectivity index (χ1n) is 5.90. The van der Waals surface area contributed by atoms with Gasteiger partial charge >= 0.3 is 0 Å². The Balaban J connectivity index is 2.21. The second kappa shape index (κ2) is 8.20. The molecule has 0 radical (unpaired) electrons. The Morgan fingerprint density at radius 1 is 1.29 bits per heavy atom. The minimum absolute atomic E-state index is 0.0244. The molecule has 1 rings (SSSR count). The van der Waals surface area contributed by atoms with Gasteiger partial charge in [-0.3, -0.25) is 0 Å². The molecule has 2 atom stereocenters. The van der Waals surface area contributed by atoms with E-state index in [-0.39, 0.29) is 19.3 Å². The number of benzene rings is 1. The highest BCUT2D eigenvalue weighted by molar-refractivity contribution is 5.16. The zero-order chi connectivity index (χ0) is 12.5. The van der Waals surface area contributed by atoms with Gasteiger partial charge in [-0.15, -0.1) is 0 Å². The molecule has 0 spiro atoms. The van der Waals surface area contributed by atoms with Crippen molar-refractivity contribution in [1.82, 2.24) is 5.32 Å². The number of nitrogens with one attached hydrogen (secondary N) is 1. The average Bonchev–Trinajstić information content (AvgIpc) is 2.37. The largest absolute Gasteiger partial charge is 0.395 e. The van der Waals surface area contributed by atoms with Crippen molar-refractivity contribution >= 4 is 0 Å². The predicted molar refractivity (Wildman–Crippen MR) is 66.8 cm³/mol. The lowest BCUT2D eigenvalue weighted by Gasteiger charge is -2.17. The van der Waals surface area contributed by atoms with Gasteiger partial charge in [0.05, 0.1) is 25.4 Å². The van der Waals surface area contributed by atoms with Crippen LogP contribution >= 0.6 is 0 Å². The van der Waals surface area contributed by atoms with Gasteiger partial charge in [-0.2, -0.15) is 0 Å². The topological polar surface area (TPSA) is 61.7 Å². The van der Waals surface area contributed by atoms with E-state index in [2.05, 4.69) is 5.32 Å². The van der Waals surface area contributed by atoms with E-state index < -0.39 is 6.10 Å². The van der Waals surface area contributed by atoms with E-state index in [0.29, 0.717) is 13.1 Å². The van der Waals surface area contributed by atoms with Crippen LogP contribution in [0.5, 0.6) is 0 Å². The SMILES string of the molecule is CC(OCC(O)CNCCO)c1ccccc1. The molecule has 0 aliphatic carbocycles. The second-order valence-corrected chi connectivity index (χ2v) is 3.97. The molecule has 0 amide bonds. The molecule has 1 aromatic carbocycles. The monoisotopic (exact) mass is 239 g/mol. The van der Waals surface area contributed by atoms with Gasteiger partial charge in [0, 0.05) is 13.1 Å². The quantitative estimate of drug-likeness (QED) is 0.585. The summed E-state index contributed by atoms with van der Waals surface area (Å²) in [6.45, 7) is 3.25. The average molecular weight is 239 g/mol. The first-order chi connectivity index (χ1) is 8.24. The van der Waals surface area contributed by atoms with Crippen molar-refractivity contribution in [3.05, 3.63) is 35.9 Å². The zero-order valence-corrected chi connectivity index (χ0v) is 10.2. The van der Waals surface area contributed by atoms with Crippen LogP contribution < -0.4 is 5.32 Å². The Morgan fingerprint density at radius 3 is 2.65 bits per heavy atom. The van der Waals surface area contributed by atoms with Gasteiger partial charge in [-0.05, 0) is 12.5 Å². The van der Waals surface area contributed by atoms with E-state index in [1.165, 1.54) is 0 Å². The highest BCUT2D eigenvalue weighted by Gasteiger charge is 2.09. The van der Waals surface area contributed by atoms with Crippen LogP contribution in [0.3, 0.4) is 0 Å². The number of hydrogen-bond donors (Lipinski definition) is 3. The van der Waals surface area contributed by atoms with Crippen molar-refractivity contribution in [2.24, 2.45) is 0 Å². The molecule has 0 aliphatic heterocycles. The first-order valence-corrected chi connectivity index (χ1v) is 5.90. The third kappa shape index (κ3) is 5.79. The van der Waals surface area contributed by atoms with Crippen LogP contribution in [0.25, 0.3) is 0 Å². The maximum absolute atomic E-state index is 9.60. The van der Waals surface area contributed by atoms with Crippen LogP contribution in [0.2, 0.25) is 0 Å². The minimum atomic E-state index is -0.548. The van der Waals surface area contributed by atoms with Crippen molar-refractivity contribution in [3.63, 3.8) is 0 Å². The van der Waals surface area contributed by atoms with E-state index in [0.717, 1.165) is 5.56 Å². The third-order valence-electron chi connectivity index (χ3n) is 2.48. The number of aliphatic hydroxyl groups excluding tert-OH is 2. The Morgan fingerprint density at radius 2 is 2.00 bits per heavy atom. The minimum Gasteiger partial charge on any atom is -0.395 e. The normalized spacial score (nSPS) is 14.5. The molecule has 0 fully saturated rings. The van der Waals surface area contributed by atoms with Crippen LogP contribution in [0, 0.1) is 0 Å². The van der Waals surface area contributed by atoms with Gasteiger partial charge in [-0.1, -0.05) is 30.3 Å². The van der Waals surface area contributed by atoms with Gasteiger partial charge < -0.3 is 20.3 Å². The van der Waals surface area contributed by atoms with Gasteiger partial charge in [0.2, 0.25) is 0 Å². The Kier molecular flexibility index (Phi) is 6.81. The van der Waals surface area contributed by atoms with Crippen molar-refractivity contribution in [2.45, 2.75) is 19.1 Å². The molecule has 2 unspecified atom stereocenters. The molecule has 17 heavy (non-hydrogen) atoms. The summed E-state index contributed by atoms with van der Waals surface area (Å²) >= 11 is 0. The van der Waals surface area contributed by atoms with Crippen LogP contribution in [-0.2, 0) is 4.74 Å². The molecule has 0 aromatic heterocycles. The lowest BCUT2D eigenvalue weighted by molar-refractivity contribution is -0.00222. The molecule has 0 aliphatic rings. The fraction of sp³-hybridized carbons (Fsp3) is 0.538. The number of hydrogen-bond acceptors (Lipinski definition) is 4. The fourth-order valence-corrected chi connectivity index (χ4v) is 1.48. The van der Waals surface area contributed by atoms with Crippen LogP contribution in [0.1, 0.15) is 18.6 Å². The van der Waals surface area contributed by atoms with Crippen molar-refractivity contribution < 1.29 is 14.9 Å². The maximum atomic E-state index is 9.60. The number of rotatable bonds is 8. The summed E-state index contributed by atoms with van der Waals surface area (Å²) in [4.78, 5) is 0. The molecule has 0 heterocycles. The van der Waals surface area contributed by atoms with Crippen LogP contribution in [0.15, 0.2) is 30.3 Å². The van der Waals surface area contributed by atoms with Gasteiger partial charge in [0.15, 0.2) is 0 Å². The summed E-state index contributed by atoms with van der Waals surface area (Å²) in [5.74, 6) is 0. The third-order valence-corrected chi connectivity index (χ3v) is 2.48. The Bertz CT molecular complexity index is 292. The van der Waals surface area contributed by atoms with Gasteiger partial charge in [0.25, 0.3) is 0 Å². The number of ether oxygens (including phenoxy) is 1. The highest BCUT2D eigenvalue weighted by atomic mass is 16.5. The van der Waals surface area contributed by atoms with Gasteiger partial charge in [-0.25, -0.2) is 0 Å². The maximum Gasteiger partial charge on any atom is 0.0897 e. The summed E-state index contributed by atoms with van der Waals surface area (Å²) in [5, 5.41) is 21.1. The molecule has 4 heteroatoms. The fourth-order valence-electron chi connectivity index (χ4n) is 1.48. The summed E-state index contributed by atoms with van der Waals surface area (Å²) in [5.41, 5.74) is 1.10. The molecular formula is C13H21NO3. The predicted octanol–water partition coefficient (Wildman–Crippen LogP) is 0.707. The Labute approximate surface area is 102 Å². The van der Waals surface area contributed by atoms with Crippen LogP contribution in [0.4, 0.5) is 0 Å². The second-order valence-electron chi connectivity index (χ2n) is 3.97. The summed E-state index contributed by atoms with van der Waals surface area (Å²) < 4.78 is 5.57. The molecule has 3 N–H and O–H groups in total. The lowest BCUT2D eigenvalue weighted by atomic mass is 10.1. The van der Waals surface area contributed by atoms with Crippen molar-refractivity contribution in [3.8, 4) is 0 Å². The molecular weight excluding hydrogens is 218 g/mol. The van der Waals surface area contributed by atoms with Crippen molar-refractivity contribution in [2.75, 3.05) is 26.3 Å². The summed E-state index contributed by atoms with van der Waals surface area (Å²) in [6.07, 6.45) is -0.573. The molecule has 96 valence electrons. The molecule has 0 saturated heterocycles. The smallest absolute Gasteiger partial charge is 0.0897 e. The molecule has 0 saturated carbocycles. The van der Waals surface area contributed by atoms with Gasteiger partial charge in [0.1, 0.15) is 0 Å². The van der Waals surface area contributed by atoms with E-state index >= 15 is 0 Å². The van der Waals surface area contributed by atoms with E-state index in [4.69, 9.17) is 9.84 Å². The molecule has 1 aromatic rings. The van der Waals surface area contributed by atoms with E-state index in [1.807, 2.05) is 37.3 Å². The van der Waals surface area contributed by atoms with Crippen molar-refractivity contribution in [1.29, 1.82) is 0 Å².